The molecular weight excluding hydrogens is 509 g/mol. The van der Waals surface area contributed by atoms with Gasteiger partial charge >= 0.3 is 0 Å². The van der Waals surface area contributed by atoms with Gasteiger partial charge in [-0.15, -0.1) is 0 Å². The molecule has 5 rings (SSSR count). The molecule has 2 aromatic heterocycles. The summed E-state index contributed by atoms with van der Waals surface area (Å²) in [6, 6.07) is 20.2. The summed E-state index contributed by atoms with van der Waals surface area (Å²) in [5, 5.41) is 7.11. The molecule has 0 unspecified atom stereocenters. The first kappa shape index (κ1) is 26.6. The van der Waals surface area contributed by atoms with Crippen molar-refractivity contribution in [2.75, 3.05) is 10.2 Å². The van der Waals surface area contributed by atoms with E-state index in [1.807, 2.05) is 70.2 Å². The Morgan fingerprint density at radius 3 is 2.49 bits per heavy atom. The first-order valence-corrected chi connectivity index (χ1v) is 13.4. The van der Waals surface area contributed by atoms with Gasteiger partial charge in [0.05, 0.1) is 17.8 Å². The molecule has 2 aromatic carbocycles. The first-order chi connectivity index (χ1) is 18.7. The highest BCUT2D eigenvalue weighted by atomic mass is 32.1. The van der Waals surface area contributed by atoms with Crippen LogP contribution in [0.3, 0.4) is 0 Å². The van der Waals surface area contributed by atoms with Gasteiger partial charge in [0.2, 0.25) is 5.91 Å². The van der Waals surface area contributed by atoms with E-state index in [0.29, 0.717) is 5.11 Å². The maximum absolute atomic E-state index is 14.2. The van der Waals surface area contributed by atoms with Crippen LogP contribution in [0.25, 0.3) is 5.69 Å². The third kappa shape index (κ3) is 5.04. The predicted molar refractivity (Wildman–Crippen MR) is 158 cm³/mol. The molecule has 0 bridgehead atoms. The van der Waals surface area contributed by atoms with Crippen LogP contribution in [0, 0.1) is 32.5 Å². The van der Waals surface area contributed by atoms with E-state index in [0.717, 1.165) is 45.3 Å². The molecule has 3 heterocycles. The molecule has 6 nitrogen and oxygen atoms in total. The highest BCUT2D eigenvalue weighted by Crippen LogP contribution is 2.44. The second kappa shape index (κ2) is 10.6. The highest BCUT2D eigenvalue weighted by Gasteiger charge is 2.42. The molecule has 1 aliphatic rings. The standard InChI is InChI=1S/C31H32FN5OS/c1-18(2)30(38)34-26-13-12-24(15-19(26)3)37-29(28(35-31(37)39)27-11-6-7-14-33-27)25-16-20(4)36(21(25)5)23-10-8-9-22(32)17-23/h6-18,28-29H,1-5H3,(H,34,38)(H,35,39)/t28-,29+/m1/s1. The summed E-state index contributed by atoms with van der Waals surface area (Å²) >= 11 is 5.91. The van der Waals surface area contributed by atoms with Gasteiger partial charge in [0.25, 0.3) is 0 Å². The van der Waals surface area contributed by atoms with Crippen molar-refractivity contribution in [3.05, 3.63) is 107 Å². The average molecular weight is 542 g/mol. The van der Waals surface area contributed by atoms with Crippen LogP contribution < -0.4 is 15.5 Å². The Kier molecular flexibility index (Phi) is 7.23. The predicted octanol–water partition coefficient (Wildman–Crippen LogP) is 6.71. The zero-order valence-corrected chi connectivity index (χ0v) is 23.5. The Balaban J connectivity index is 1.62. The molecule has 1 amide bonds. The van der Waals surface area contributed by atoms with Crippen molar-refractivity contribution in [2.45, 2.75) is 46.7 Å². The summed E-state index contributed by atoms with van der Waals surface area (Å²) in [6.45, 7) is 9.80. The van der Waals surface area contributed by atoms with Crippen LogP contribution in [0.5, 0.6) is 0 Å². The van der Waals surface area contributed by atoms with Crippen molar-refractivity contribution in [2.24, 2.45) is 5.92 Å². The number of nitrogens with one attached hydrogen (secondary N) is 2. The molecule has 2 N–H and O–H groups in total. The number of halogens is 1. The summed E-state index contributed by atoms with van der Waals surface area (Å²) < 4.78 is 16.2. The molecular formula is C31H32FN5OS. The van der Waals surface area contributed by atoms with E-state index < -0.39 is 0 Å². The van der Waals surface area contributed by atoms with Gasteiger partial charge in [-0.1, -0.05) is 26.0 Å². The first-order valence-electron chi connectivity index (χ1n) is 13.0. The zero-order chi connectivity index (χ0) is 27.8. The lowest BCUT2D eigenvalue weighted by Gasteiger charge is -2.29. The zero-order valence-electron chi connectivity index (χ0n) is 22.7. The van der Waals surface area contributed by atoms with E-state index in [1.165, 1.54) is 6.07 Å². The lowest BCUT2D eigenvalue weighted by Crippen LogP contribution is -2.29. The smallest absolute Gasteiger partial charge is 0.226 e. The lowest BCUT2D eigenvalue weighted by atomic mass is 9.96. The van der Waals surface area contributed by atoms with Crippen molar-refractivity contribution in [3.63, 3.8) is 0 Å². The molecule has 2 atom stereocenters. The maximum Gasteiger partial charge on any atom is 0.226 e. The van der Waals surface area contributed by atoms with Crippen LogP contribution in [-0.4, -0.2) is 20.6 Å². The average Bonchev–Trinajstić information content (AvgIpc) is 3.40. The van der Waals surface area contributed by atoms with Crippen LogP contribution >= 0.6 is 12.2 Å². The number of anilines is 2. The lowest BCUT2D eigenvalue weighted by molar-refractivity contribution is -0.118. The van der Waals surface area contributed by atoms with E-state index in [2.05, 4.69) is 38.1 Å². The van der Waals surface area contributed by atoms with Crippen molar-refractivity contribution in [3.8, 4) is 5.69 Å². The normalized spacial score (nSPS) is 17.0. The van der Waals surface area contributed by atoms with Crippen molar-refractivity contribution < 1.29 is 9.18 Å². The fourth-order valence-electron chi connectivity index (χ4n) is 5.26. The number of thiocarbonyl (C=S) groups is 1. The van der Waals surface area contributed by atoms with Crippen LogP contribution in [0.2, 0.25) is 0 Å². The van der Waals surface area contributed by atoms with Gasteiger partial charge in [0.15, 0.2) is 5.11 Å². The number of carbonyl (C=O) groups excluding carboxylic acids is 1. The van der Waals surface area contributed by atoms with Crippen LogP contribution in [0.15, 0.2) is 72.9 Å². The Labute approximate surface area is 233 Å². The minimum atomic E-state index is -0.279. The number of hydrogen-bond acceptors (Lipinski definition) is 3. The molecule has 1 aliphatic heterocycles. The van der Waals surface area contributed by atoms with Gasteiger partial charge in [0.1, 0.15) is 5.82 Å². The Morgan fingerprint density at radius 2 is 1.82 bits per heavy atom. The minimum absolute atomic E-state index is 0.0258. The molecule has 0 radical (unpaired) electrons. The van der Waals surface area contributed by atoms with Gasteiger partial charge in [-0.05, 0) is 98.7 Å². The van der Waals surface area contributed by atoms with Gasteiger partial charge in [-0.25, -0.2) is 4.39 Å². The van der Waals surface area contributed by atoms with E-state index in [-0.39, 0.29) is 29.7 Å². The fourth-order valence-corrected chi connectivity index (χ4v) is 5.61. The SMILES string of the molecule is Cc1cc(N2C(=S)N[C@H](c3ccccn3)[C@@H]2c2cc(C)n(-c3cccc(F)c3)c2C)ccc1NC(=O)C(C)C. The molecule has 0 spiro atoms. The molecule has 1 saturated heterocycles. The van der Waals surface area contributed by atoms with Crippen molar-refractivity contribution in [1.29, 1.82) is 0 Å². The van der Waals surface area contributed by atoms with Gasteiger partial charge in [-0.3, -0.25) is 9.78 Å². The second-order valence-corrected chi connectivity index (χ2v) is 10.7. The van der Waals surface area contributed by atoms with E-state index in [1.54, 1.807) is 18.3 Å². The Morgan fingerprint density at radius 1 is 1.03 bits per heavy atom. The Hall–Kier alpha value is -4.04. The minimum Gasteiger partial charge on any atom is -0.351 e. The number of benzene rings is 2. The number of aromatic nitrogens is 2. The van der Waals surface area contributed by atoms with E-state index in [4.69, 9.17) is 12.2 Å². The molecule has 200 valence electrons. The summed E-state index contributed by atoms with van der Waals surface area (Å²) in [7, 11) is 0. The molecule has 0 saturated carbocycles. The summed E-state index contributed by atoms with van der Waals surface area (Å²) in [5.41, 5.74) is 7.33. The molecule has 4 aromatic rings. The van der Waals surface area contributed by atoms with Gasteiger partial charge in [-0.2, -0.15) is 0 Å². The quantitative estimate of drug-likeness (QED) is 0.266. The number of hydrogen-bond donors (Lipinski definition) is 2. The van der Waals surface area contributed by atoms with Crippen LogP contribution in [0.4, 0.5) is 15.8 Å². The molecule has 39 heavy (non-hydrogen) atoms. The van der Waals surface area contributed by atoms with Gasteiger partial charge in [0, 0.05) is 40.6 Å². The number of nitrogens with zero attached hydrogens (tertiary/aromatic N) is 3. The third-order valence-corrected chi connectivity index (χ3v) is 7.54. The maximum atomic E-state index is 14.2. The highest BCUT2D eigenvalue weighted by molar-refractivity contribution is 7.80. The topological polar surface area (TPSA) is 62.2 Å². The monoisotopic (exact) mass is 541 g/mol. The number of carbonyl (C=O) groups is 1. The molecule has 0 aliphatic carbocycles. The summed E-state index contributed by atoms with van der Waals surface area (Å²) in [4.78, 5) is 19.1. The third-order valence-electron chi connectivity index (χ3n) is 7.22. The number of rotatable bonds is 6. The summed E-state index contributed by atoms with van der Waals surface area (Å²) in [5.74, 6) is -0.420. The number of amides is 1. The summed E-state index contributed by atoms with van der Waals surface area (Å²) in [6.07, 6.45) is 1.78. The van der Waals surface area contributed by atoms with Gasteiger partial charge < -0.3 is 20.1 Å². The molecule has 1 fully saturated rings. The second-order valence-electron chi connectivity index (χ2n) is 10.3. The van der Waals surface area contributed by atoms with Crippen molar-refractivity contribution in [1.82, 2.24) is 14.9 Å². The largest absolute Gasteiger partial charge is 0.351 e. The number of pyridine rings is 1. The fraction of sp³-hybridized carbons (Fsp3) is 0.258. The number of aryl methyl sites for hydroxylation is 2. The van der Waals surface area contributed by atoms with Crippen LogP contribution in [-0.2, 0) is 4.79 Å². The van der Waals surface area contributed by atoms with Crippen LogP contribution in [0.1, 0.15) is 54.1 Å². The van der Waals surface area contributed by atoms with Crippen molar-refractivity contribution >= 4 is 34.6 Å². The molecule has 8 heteroatoms. The van der Waals surface area contributed by atoms with E-state index in [9.17, 15) is 9.18 Å². The van der Waals surface area contributed by atoms with E-state index >= 15 is 0 Å². The Bertz CT molecular complexity index is 1550.